The summed E-state index contributed by atoms with van der Waals surface area (Å²) in [4.78, 5) is 28.1. The minimum Gasteiger partial charge on any atom is -0.497 e. The van der Waals surface area contributed by atoms with Crippen LogP contribution in [0.3, 0.4) is 0 Å². The van der Waals surface area contributed by atoms with E-state index in [9.17, 15) is 9.59 Å². The molecule has 3 aromatic rings. The maximum atomic E-state index is 13.5. The molecule has 1 aliphatic heterocycles. The molecule has 0 atom stereocenters. The van der Waals surface area contributed by atoms with E-state index in [1.807, 2.05) is 32.0 Å². The van der Waals surface area contributed by atoms with Crippen molar-refractivity contribution in [3.05, 3.63) is 94.1 Å². The summed E-state index contributed by atoms with van der Waals surface area (Å²) in [5.41, 5.74) is 4.31. The van der Waals surface area contributed by atoms with E-state index >= 15 is 0 Å². The van der Waals surface area contributed by atoms with Gasteiger partial charge in [-0.05, 0) is 60.9 Å². The number of hydrogen-bond donors (Lipinski definition) is 1. The van der Waals surface area contributed by atoms with E-state index < -0.39 is 11.8 Å². The van der Waals surface area contributed by atoms with Gasteiger partial charge in [0.2, 0.25) is 0 Å². The third kappa shape index (κ3) is 3.68. The average Bonchev–Trinajstić information content (AvgIpc) is 3.01. The van der Waals surface area contributed by atoms with Crippen molar-refractivity contribution in [1.82, 2.24) is 0 Å². The summed E-state index contributed by atoms with van der Waals surface area (Å²) < 4.78 is 5.23. The van der Waals surface area contributed by atoms with Crippen LogP contribution in [-0.2, 0) is 9.59 Å². The molecule has 0 aliphatic carbocycles. The third-order valence-electron chi connectivity index (χ3n) is 5.42. The van der Waals surface area contributed by atoms with Crippen LogP contribution in [0.25, 0.3) is 5.57 Å². The van der Waals surface area contributed by atoms with Crippen molar-refractivity contribution in [3.8, 4) is 5.75 Å². The molecule has 0 aromatic heterocycles. The Morgan fingerprint density at radius 3 is 2.26 bits per heavy atom. The van der Waals surface area contributed by atoms with Crippen molar-refractivity contribution in [3.63, 3.8) is 0 Å². The van der Waals surface area contributed by atoms with Crippen molar-refractivity contribution in [2.45, 2.75) is 13.8 Å². The number of rotatable bonds is 5. The Labute approximate surface area is 185 Å². The van der Waals surface area contributed by atoms with Crippen LogP contribution in [0.5, 0.6) is 5.75 Å². The number of benzene rings is 3. The average molecular weight is 433 g/mol. The van der Waals surface area contributed by atoms with Gasteiger partial charge in [0, 0.05) is 5.69 Å². The zero-order valence-electron chi connectivity index (χ0n) is 17.4. The fraction of sp³-hybridized carbons (Fsp3) is 0.120. The number of nitrogens with one attached hydrogen (secondary N) is 1. The van der Waals surface area contributed by atoms with E-state index in [1.54, 1.807) is 55.6 Å². The number of para-hydroxylation sites is 1. The molecule has 4 rings (SSSR count). The number of carbonyl (C=O) groups excluding carboxylic acids is 2. The lowest BCUT2D eigenvalue weighted by atomic mass is 10.0. The molecule has 2 amide bonds. The van der Waals surface area contributed by atoms with E-state index in [0.29, 0.717) is 22.0 Å². The largest absolute Gasteiger partial charge is 0.497 e. The first-order valence-corrected chi connectivity index (χ1v) is 10.2. The van der Waals surface area contributed by atoms with Crippen molar-refractivity contribution >= 4 is 40.4 Å². The molecule has 3 aromatic carbocycles. The number of aryl methyl sites for hydroxylation is 1. The maximum Gasteiger partial charge on any atom is 0.282 e. The van der Waals surface area contributed by atoms with E-state index in [0.717, 1.165) is 21.7 Å². The van der Waals surface area contributed by atoms with Crippen LogP contribution < -0.4 is 15.0 Å². The molecule has 0 radical (unpaired) electrons. The Kier molecular flexibility index (Phi) is 5.53. The lowest BCUT2D eigenvalue weighted by Crippen LogP contribution is -2.32. The molecule has 1 aliphatic rings. The molecule has 1 heterocycles. The molecule has 5 nitrogen and oxygen atoms in total. The summed E-state index contributed by atoms with van der Waals surface area (Å²) in [7, 11) is 1.57. The first-order chi connectivity index (χ1) is 14.9. The molecular weight excluding hydrogens is 412 g/mol. The molecule has 0 unspecified atom stereocenters. The summed E-state index contributed by atoms with van der Waals surface area (Å²) in [6.07, 6.45) is 0. The lowest BCUT2D eigenvalue weighted by molar-refractivity contribution is -0.120. The quantitative estimate of drug-likeness (QED) is 0.551. The van der Waals surface area contributed by atoms with Gasteiger partial charge in [-0.1, -0.05) is 48.0 Å². The lowest BCUT2D eigenvalue weighted by Gasteiger charge is -2.17. The van der Waals surface area contributed by atoms with Gasteiger partial charge in [-0.2, -0.15) is 0 Å². The summed E-state index contributed by atoms with van der Waals surface area (Å²) in [5.74, 6) is -0.228. The molecule has 6 heteroatoms. The van der Waals surface area contributed by atoms with Gasteiger partial charge in [0.25, 0.3) is 11.8 Å². The van der Waals surface area contributed by atoms with Crippen LogP contribution in [0, 0.1) is 13.8 Å². The van der Waals surface area contributed by atoms with Crippen LogP contribution in [-0.4, -0.2) is 18.9 Å². The zero-order valence-corrected chi connectivity index (χ0v) is 18.2. The predicted octanol–water partition coefficient (Wildman–Crippen LogP) is 5.36. The summed E-state index contributed by atoms with van der Waals surface area (Å²) in [6, 6.07) is 19.6. The van der Waals surface area contributed by atoms with Crippen LogP contribution >= 0.6 is 11.6 Å². The van der Waals surface area contributed by atoms with Crippen molar-refractivity contribution in [1.29, 1.82) is 0 Å². The van der Waals surface area contributed by atoms with Crippen LogP contribution in [0.1, 0.15) is 16.7 Å². The molecule has 0 saturated carbocycles. The number of methoxy groups -OCH3 is 1. The smallest absolute Gasteiger partial charge is 0.282 e. The molecule has 1 N–H and O–H groups in total. The summed E-state index contributed by atoms with van der Waals surface area (Å²) in [5, 5.41) is 3.55. The number of amides is 2. The van der Waals surface area contributed by atoms with Gasteiger partial charge in [0.15, 0.2) is 0 Å². The number of halogens is 1. The highest BCUT2D eigenvalue weighted by molar-refractivity contribution is 6.48. The van der Waals surface area contributed by atoms with Gasteiger partial charge < -0.3 is 10.1 Å². The SMILES string of the molecule is COc1ccc(C2=C(Nc3cccc(C)c3C)C(=O)N(c3ccccc3Cl)C2=O)cc1. The summed E-state index contributed by atoms with van der Waals surface area (Å²) in [6.45, 7) is 3.97. The molecule has 0 fully saturated rings. The topological polar surface area (TPSA) is 58.6 Å². The highest BCUT2D eigenvalue weighted by atomic mass is 35.5. The van der Waals surface area contributed by atoms with E-state index in [1.165, 1.54) is 0 Å². The monoisotopic (exact) mass is 432 g/mol. The first-order valence-electron chi connectivity index (χ1n) is 9.77. The summed E-state index contributed by atoms with van der Waals surface area (Å²) >= 11 is 6.32. The van der Waals surface area contributed by atoms with Crippen LogP contribution in [0.15, 0.2) is 72.4 Å². The molecule has 0 bridgehead atoms. The highest BCUT2D eigenvalue weighted by Gasteiger charge is 2.41. The predicted molar refractivity (Wildman–Crippen MR) is 123 cm³/mol. The number of hydrogen-bond acceptors (Lipinski definition) is 4. The molecule has 156 valence electrons. The Hall–Kier alpha value is -3.57. The molecular formula is C25H21ClN2O3. The van der Waals surface area contributed by atoms with Gasteiger partial charge >= 0.3 is 0 Å². The second-order valence-corrected chi connectivity index (χ2v) is 7.66. The number of ether oxygens (including phenoxy) is 1. The number of nitrogens with zero attached hydrogens (tertiary/aromatic N) is 1. The van der Waals surface area contributed by atoms with Crippen molar-refractivity contribution in [2.24, 2.45) is 0 Å². The fourth-order valence-corrected chi connectivity index (χ4v) is 3.76. The van der Waals surface area contributed by atoms with Gasteiger partial charge in [-0.3, -0.25) is 9.59 Å². The standard InChI is InChI=1S/C25H21ClN2O3/c1-15-7-6-9-20(16(15)2)27-23-22(17-11-13-18(31-3)14-12-17)24(29)28(25(23)30)21-10-5-4-8-19(21)26/h4-14,27H,1-3H3. The third-order valence-corrected chi connectivity index (χ3v) is 5.74. The first kappa shape index (κ1) is 20.7. The number of anilines is 2. The Bertz CT molecular complexity index is 1220. The Morgan fingerprint density at radius 2 is 1.58 bits per heavy atom. The van der Waals surface area contributed by atoms with Gasteiger partial charge in [0.05, 0.1) is 23.4 Å². The van der Waals surface area contributed by atoms with E-state index in [4.69, 9.17) is 16.3 Å². The minimum absolute atomic E-state index is 0.212. The molecule has 31 heavy (non-hydrogen) atoms. The van der Waals surface area contributed by atoms with Gasteiger partial charge in [0.1, 0.15) is 11.4 Å². The van der Waals surface area contributed by atoms with E-state index in [2.05, 4.69) is 5.32 Å². The second-order valence-electron chi connectivity index (χ2n) is 7.25. The highest BCUT2D eigenvalue weighted by Crippen LogP contribution is 2.37. The van der Waals surface area contributed by atoms with Gasteiger partial charge in [-0.25, -0.2) is 4.90 Å². The van der Waals surface area contributed by atoms with Crippen molar-refractivity contribution in [2.75, 3.05) is 17.3 Å². The van der Waals surface area contributed by atoms with Crippen LogP contribution in [0.4, 0.5) is 11.4 Å². The number of carbonyl (C=O) groups is 2. The molecule has 0 spiro atoms. The zero-order chi connectivity index (χ0) is 22.1. The molecule has 0 saturated heterocycles. The minimum atomic E-state index is -0.454. The Morgan fingerprint density at radius 1 is 0.871 bits per heavy atom. The maximum absolute atomic E-state index is 13.5. The van der Waals surface area contributed by atoms with E-state index in [-0.39, 0.29) is 11.3 Å². The fourth-order valence-electron chi connectivity index (χ4n) is 3.54. The van der Waals surface area contributed by atoms with Crippen LogP contribution in [0.2, 0.25) is 5.02 Å². The normalized spacial score (nSPS) is 13.7. The number of imide groups is 1. The van der Waals surface area contributed by atoms with Crippen molar-refractivity contribution < 1.29 is 14.3 Å². The Balaban J connectivity index is 1.86. The van der Waals surface area contributed by atoms with Gasteiger partial charge in [-0.15, -0.1) is 0 Å². The second kappa shape index (κ2) is 8.28.